The molecule has 7 nitrogen and oxygen atoms in total. The molecule has 0 unspecified atom stereocenters. The summed E-state index contributed by atoms with van der Waals surface area (Å²) in [6.45, 7) is 0.599. The third-order valence-electron chi connectivity index (χ3n) is 6.58. The van der Waals surface area contributed by atoms with Crippen molar-refractivity contribution in [2.45, 2.75) is 56.7 Å². The van der Waals surface area contributed by atoms with Crippen molar-refractivity contribution in [3.05, 3.63) is 58.3 Å². The van der Waals surface area contributed by atoms with Gasteiger partial charge < -0.3 is 15.0 Å². The molecule has 3 aliphatic rings. The third kappa shape index (κ3) is 3.22. The molecule has 166 valence electrons. The second kappa shape index (κ2) is 7.38. The topological polar surface area (TPSA) is 71.8 Å². The molecule has 2 saturated heterocycles. The van der Waals surface area contributed by atoms with Crippen LogP contribution in [0.4, 0.5) is 8.78 Å². The molecule has 3 aromatic rings. The lowest BCUT2D eigenvalue weighted by Gasteiger charge is -2.33. The van der Waals surface area contributed by atoms with E-state index in [-0.39, 0.29) is 35.8 Å². The van der Waals surface area contributed by atoms with Gasteiger partial charge in [-0.2, -0.15) is 5.10 Å². The number of benzene rings is 1. The van der Waals surface area contributed by atoms with E-state index in [1.807, 2.05) is 0 Å². The predicted molar refractivity (Wildman–Crippen MR) is 112 cm³/mol. The molecule has 1 aromatic carbocycles. The molecular weight excluding hydrogens is 440 g/mol. The highest BCUT2D eigenvalue weighted by Gasteiger charge is 2.43. The summed E-state index contributed by atoms with van der Waals surface area (Å²) in [5.41, 5.74) is 2.43. The lowest BCUT2D eigenvalue weighted by molar-refractivity contribution is 0.0439. The average molecular weight is 460 g/mol. The number of hydrogen-bond donors (Lipinski definition) is 1. The number of aromatic nitrogens is 3. The Morgan fingerprint density at radius 2 is 2.16 bits per heavy atom. The Balaban J connectivity index is 1.26. The minimum Gasteiger partial charge on any atom is -0.486 e. The van der Waals surface area contributed by atoms with Crippen molar-refractivity contribution in [2.24, 2.45) is 0 Å². The van der Waals surface area contributed by atoms with E-state index in [0.29, 0.717) is 23.6 Å². The maximum Gasteiger partial charge on any atom is 0.258 e. The van der Waals surface area contributed by atoms with E-state index in [0.717, 1.165) is 24.1 Å². The number of nitrogens with one attached hydrogen (secondary N) is 1. The van der Waals surface area contributed by atoms with Gasteiger partial charge in [-0.3, -0.25) is 4.79 Å². The van der Waals surface area contributed by atoms with Crippen molar-refractivity contribution in [3.8, 4) is 5.75 Å². The van der Waals surface area contributed by atoms with Crippen molar-refractivity contribution in [1.82, 2.24) is 24.8 Å². The molecule has 3 aliphatic heterocycles. The number of alkyl halides is 1. The van der Waals surface area contributed by atoms with E-state index in [2.05, 4.69) is 15.4 Å². The van der Waals surface area contributed by atoms with Gasteiger partial charge in [-0.1, -0.05) is 11.6 Å². The third-order valence-corrected chi connectivity index (χ3v) is 6.78. The highest BCUT2D eigenvalue weighted by atomic mass is 35.5. The lowest BCUT2D eigenvalue weighted by Crippen LogP contribution is -2.51. The van der Waals surface area contributed by atoms with Gasteiger partial charge >= 0.3 is 0 Å². The number of carbonyl (C=O) groups is 1. The van der Waals surface area contributed by atoms with E-state index in [1.165, 1.54) is 24.4 Å². The van der Waals surface area contributed by atoms with Gasteiger partial charge in [0.05, 0.1) is 35.6 Å². The lowest BCUT2D eigenvalue weighted by atomic mass is 10.00. The van der Waals surface area contributed by atoms with Gasteiger partial charge in [0.2, 0.25) is 0 Å². The van der Waals surface area contributed by atoms with Crippen LogP contribution in [0, 0.1) is 5.82 Å². The summed E-state index contributed by atoms with van der Waals surface area (Å²) in [6.07, 6.45) is 3.43. The van der Waals surface area contributed by atoms with Crippen LogP contribution in [0.15, 0.2) is 30.6 Å². The Labute approximate surface area is 187 Å². The first kappa shape index (κ1) is 19.9. The van der Waals surface area contributed by atoms with E-state index in [9.17, 15) is 13.6 Å². The number of fused-ring (bicyclic) bond motifs is 5. The number of nitrogens with zero attached hydrogens (tertiary/aromatic N) is 4. The van der Waals surface area contributed by atoms with Crippen LogP contribution < -0.4 is 10.1 Å². The Hall–Kier alpha value is -2.78. The molecule has 0 saturated carbocycles. The minimum atomic E-state index is -1.21. The normalized spacial score (nSPS) is 26.5. The van der Waals surface area contributed by atoms with E-state index >= 15 is 0 Å². The smallest absolute Gasteiger partial charge is 0.258 e. The SMILES string of the molecule is O=C(c1ccc(F)cc1O[C@@H]1C[C@@H]2CC[C@@H](N2)[C@H]1F)N1Cc2nn3cc(Cl)cnc3c2C1. The minimum absolute atomic E-state index is 0.0765. The highest BCUT2D eigenvalue weighted by molar-refractivity contribution is 6.30. The zero-order valence-electron chi connectivity index (χ0n) is 17.0. The summed E-state index contributed by atoms with van der Waals surface area (Å²) in [5, 5.41) is 8.19. The fourth-order valence-corrected chi connectivity index (χ4v) is 5.18. The molecule has 4 atom stereocenters. The molecule has 2 bridgehead atoms. The van der Waals surface area contributed by atoms with Gasteiger partial charge in [0.15, 0.2) is 11.8 Å². The first-order chi connectivity index (χ1) is 15.5. The fourth-order valence-electron chi connectivity index (χ4n) is 5.04. The number of halogens is 3. The molecule has 1 N–H and O–H groups in total. The Kier molecular flexibility index (Phi) is 4.58. The van der Waals surface area contributed by atoms with Gasteiger partial charge in [-0.05, 0) is 25.0 Å². The summed E-state index contributed by atoms with van der Waals surface area (Å²) in [4.78, 5) is 19.3. The number of ether oxygens (including phenoxy) is 1. The van der Waals surface area contributed by atoms with Crippen molar-refractivity contribution in [2.75, 3.05) is 0 Å². The van der Waals surface area contributed by atoms with Gasteiger partial charge in [-0.25, -0.2) is 18.3 Å². The molecule has 0 spiro atoms. The molecule has 1 amide bonds. The molecular formula is C22H20ClF2N5O2. The molecule has 0 aliphatic carbocycles. The Morgan fingerprint density at radius 1 is 1.28 bits per heavy atom. The number of piperidine rings is 1. The first-order valence-corrected chi connectivity index (χ1v) is 11.0. The number of rotatable bonds is 3. The summed E-state index contributed by atoms with van der Waals surface area (Å²) in [5.74, 6) is -0.780. The molecule has 0 radical (unpaired) electrons. The monoisotopic (exact) mass is 459 g/mol. The molecule has 6 rings (SSSR count). The van der Waals surface area contributed by atoms with Crippen LogP contribution in [-0.4, -0.2) is 49.8 Å². The second-order valence-corrected chi connectivity index (χ2v) is 9.09. The predicted octanol–water partition coefficient (Wildman–Crippen LogP) is 3.29. The van der Waals surface area contributed by atoms with E-state index in [4.69, 9.17) is 16.3 Å². The van der Waals surface area contributed by atoms with Gasteiger partial charge in [0.25, 0.3) is 5.91 Å². The first-order valence-electron chi connectivity index (χ1n) is 10.6. The van der Waals surface area contributed by atoms with Crippen LogP contribution in [0.5, 0.6) is 5.75 Å². The number of carbonyl (C=O) groups excluding carboxylic acids is 1. The largest absolute Gasteiger partial charge is 0.486 e. The van der Waals surface area contributed by atoms with Crippen LogP contribution in [0.2, 0.25) is 5.02 Å². The molecule has 2 aromatic heterocycles. The van der Waals surface area contributed by atoms with Crippen molar-refractivity contribution in [3.63, 3.8) is 0 Å². The van der Waals surface area contributed by atoms with Crippen LogP contribution >= 0.6 is 11.6 Å². The zero-order valence-corrected chi connectivity index (χ0v) is 17.7. The number of amides is 1. The quantitative estimate of drug-likeness (QED) is 0.650. The maximum atomic E-state index is 14.9. The number of hydrogen-bond acceptors (Lipinski definition) is 5. The van der Waals surface area contributed by atoms with E-state index in [1.54, 1.807) is 15.6 Å². The van der Waals surface area contributed by atoms with Crippen LogP contribution in [-0.2, 0) is 13.1 Å². The summed E-state index contributed by atoms with van der Waals surface area (Å²) in [6, 6.07) is 3.72. The fraction of sp³-hybridized carbons (Fsp3) is 0.409. The zero-order chi connectivity index (χ0) is 22.0. The highest BCUT2D eigenvalue weighted by Crippen LogP contribution is 2.34. The molecule has 10 heteroatoms. The second-order valence-electron chi connectivity index (χ2n) is 8.65. The van der Waals surface area contributed by atoms with Crippen molar-refractivity contribution in [1.29, 1.82) is 0 Å². The van der Waals surface area contributed by atoms with E-state index < -0.39 is 18.1 Å². The summed E-state index contributed by atoms with van der Waals surface area (Å²) < 4.78 is 36.4. The Bertz CT molecular complexity index is 1230. The van der Waals surface area contributed by atoms with Gasteiger partial charge in [0, 0.05) is 36.3 Å². The Morgan fingerprint density at radius 3 is 3.03 bits per heavy atom. The van der Waals surface area contributed by atoms with Gasteiger partial charge in [0.1, 0.15) is 17.7 Å². The van der Waals surface area contributed by atoms with Crippen LogP contribution in [0.3, 0.4) is 0 Å². The molecule has 2 fully saturated rings. The standard InChI is InChI=1S/C22H20ClF2N5O2/c23-11-7-26-21-15-9-29(10-17(15)28-30(21)8-11)22(31)14-3-1-12(24)5-18(14)32-19-6-13-2-4-16(27-13)20(19)25/h1,3,5,7-8,13,16,19-20,27H,2,4,6,9-10H2/t13-,16+,19+,20+/m0/s1. The van der Waals surface area contributed by atoms with Crippen LogP contribution in [0.25, 0.3) is 5.65 Å². The average Bonchev–Trinajstić information content (AvgIpc) is 3.44. The maximum absolute atomic E-state index is 14.9. The summed E-state index contributed by atoms with van der Waals surface area (Å²) in [7, 11) is 0. The molecule has 32 heavy (non-hydrogen) atoms. The summed E-state index contributed by atoms with van der Waals surface area (Å²) >= 11 is 5.98. The van der Waals surface area contributed by atoms with Crippen LogP contribution in [0.1, 0.15) is 40.9 Å². The van der Waals surface area contributed by atoms with Crippen molar-refractivity contribution < 1.29 is 18.3 Å². The van der Waals surface area contributed by atoms with Crippen molar-refractivity contribution >= 4 is 23.2 Å². The van der Waals surface area contributed by atoms with Gasteiger partial charge in [-0.15, -0.1) is 0 Å². The molecule has 5 heterocycles.